The van der Waals surface area contributed by atoms with Crippen molar-refractivity contribution in [3.63, 3.8) is 0 Å². The molecule has 2 aliphatic rings. The van der Waals surface area contributed by atoms with Crippen molar-refractivity contribution in [1.82, 2.24) is 0 Å². The SMILES string of the molecule is CCC1CCCCC1C1=CC(=O)CC(C)(C)C1. The largest absolute Gasteiger partial charge is 0.295 e. The van der Waals surface area contributed by atoms with Crippen LogP contribution in [-0.4, -0.2) is 5.78 Å². The molecule has 0 aromatic heterocycles. The lowest BCUT2D eigenvalue weighted by atomic mass is 9.67. The lowest BCUT2D eigenvalue weighted by Gasteiger charge is -2.38. The minimum atomic E-state index is 0.191. The number of ketones is 1. The number of hydrogen-bond donors (Lipinski definition) is 0. The van der Waals surface area contributed by atoms with E-state index < -0.39 is 0 Å². The molecule has 96 valence electrons. The molecule has 0 amide bonds. The third-order valence-corrected chi connectivity index (χ3v) is 4.59. The smallest absolute Gasteiger partial charge is 0.156 e. The number of rotatable bonds is 2. The molecule has 0 aromatic carbocycles. The van der Waals surface area contributed by atoms with Crippen molar-refractivity contribution in [3.8, 4) is 0 Å². The van der Waals surface area contributed by atoms with Crippen LogP contribution in [-0.2, 0) is 4.79 Å². The van der Waals surface area contributed by atoms with Gasteiger partial charge in [0.1, 0.15) is 0 Å². The molecule has 0 saturated heterocycles. The summed E-state index contributed by atoms with van der Waals surface area (Å²) in [5.74, 6) is 1.89. The third kappa shape index (κ3) is 3.00. The summed E-state index contributed by atoms with van der Waals surface area (Å²) < 4.78 is 0. The monoisotopic (exact) mass is 234 g/mol. The van der Waals surface area contributed by atoms with Crippen molar-refractivity contribution in [2.24, 2.45) is 17.3 Å². The number of allylic oxidation sites excluding steroid dienone is 2. The zero-order chi connectivity index (χ0) is 12.5. The number of carbonyl (C=O) groups is 1. The standard InChI is InChI=1S/C16H26O/c1-4-12-7-5-6-8-15(12)13-9-14(17)11-16(2,3)10-13/h9,12,15H,4-8,10-11H2,1-3H3. The fourth-order valence-corrected chi connectivity index (χ4v) is 3.82. The van der Waals surface area contributed by atoms with Crippen LogP contribution >= 0.6 is 0 Å². The Bertz CT molecular complexity index is 324. The van der Waals surface area contributed by atoms with Crippen LogP contribution in [0, 0.1) is 17.3 Å². The predicted octanol–water partition coefficient (Wildman–Crippen LogP) is 4.52. The zero-order valence-electron chi connectivity index (χ0n) is 11.6. The van der Waals surface area contributed by atoms with E-state index >= 15 is 0 Å². The Morgan fingerprint density at radius 2 is 1.94 bits per heavy atom. The van der Waals surface area contributed by atoms with Crippen LogP contribution in [0.3, 0.4) is 0 Å². The van der Waals surface area contributed by atoms with Gasteiger partial charge >= 0.3 is 0 Å². The molecule has 0 spiro atoms. The Morgan fingerprint density at radius 1 is 1.24 bits per heavy atom. The Kier molecular flexibility index (Phi) is 3.75. The van der Waals surface area contributed by atoms with E-state index in [-0.39, 0.29) is 5.41 Å². The van der Waals surface area contributed by atoms with E-state index in [0.29, 0.717) is 11.7 Å². The highest BCUT2D eigenvalue weighted by Crippen LogP contribution is 2.44. The summed E-state index contributed by atoms with van der Waals surface area (Å²) in [5, 5.41) is 0. The molecule has 2 aliphatic carbocycles. The van der Waals surface area contributed by atoms with E-state index in [4.69, 9.17) is 0 Å². The van der Waals surface area contributed by atoms with Gasteiger partial charge in [-0.15, -0.1) is 0 Å². The maximum atomic E-state index is 11.9. The molecule has 1 fully saturated rings. The summed E-state index contributed by atoms with van der Waals surface area (Å²) in [6, 6.07) is 0. The second-order valence-electron chi connectivity index (χ2n) is 6.76. The van der Waals surface area contributed by atoms with Gasteiger partial charge in [-0.05, 0) is 42.6 Å². The average molecular weight is 234 g/mol. The van der Waals surface area contributed by atoms with Crippen molar-refractivity contribution in [1.29, 1.82) is 0 Å². The van der Waals surface area contributed by atoms with Crippen LogP contribution in [0.2, 0.25) is 0 Å². The lowest BCUT2D eigenvalue weighted by molar-refractivity contribution is -0.117. The van der Waals surface area contributed by atoms with Crippen LogP contribution in [0.25, 0.3) is 0 Å². The summed E-state index contributed by atoms with van der Waals surface area (Å²) in [5.41, 5.74) is 1.66. The molecule has 0 aromatic rings. The molecule has 17 heavy (non-hydrogen) atoms. The van der Waals surface area contributed by atoms with Gasteiger partial charge in [-0.3, -0.25) is 4.79 Å². The van der Waals surface area contributed by atoms with Crippen LogP contribution in [0.5, 0.6) is 0 Å². The fraction of sp³-hybridized carbons (Fsp3) is 0.812. The summed E-state index contributed by atoms with van der Waals surface area (Å²) in [4.78, 5) is 11.9. The summed E-state index contributed by atoms with van der Waals surface area (Å²) >= 11 is 0. The molecule has 0 aliphatic heterocycles. The highest BCUT2D eigenvalue weighted by molar-refractivity contribution is 5.91. The van der Waals surface area contributed by atoms with Crippen LogP contribution in [0.1, 0.15) is 65.7 Å². The van der Waals surface area contributed by atoms with Crippen LogP contribution < -0.4 is 0 Å². The predicted molar refractivity (Wildman–Crippen MR) is 71.8 cm³/mol. The van der Waals surface area contributed by atoms with Gasteiger partial charge in [-0.1, -0.05) is 45.6 Å². The van der Waals surface area contributed by atoms with Crippen molar-refractivity contribution >= 4 is 5.78 Å². The first-order chi connectivity index (χ1) is 8.02. The van der Waals surface area contributed by atoms with E-state index in [1.807, 2.05) is 6.08 Å². The minimum absolute atomic E-state index is 0.191. The Morgan fingerprint density at radius 3 is 2.59 bits per heavy atom. The zero-order valence-corrected chi connectivity index (χ0v) is 11.6. The Hall–Kier alpha value is -0.590. The molecular weight excluding hydrogens is 208 g/mol. The van der Waals surface area contributed by atoms with Gasteiger partial charge in [0.05, 0.1) is 0 Å². The van der Waals surface area contributed by atoms with Crippen molar-refractivity contribution in [2.75, 3.05) is 0 Å². The Labute approximate surface area is 106 Å². The first-order valence-electron chi connectivity index (χ1n) is 7.25. The number of carbonyl (C=O) groups excluding carboxylic acids is 1. The van der Waals surface area contributed by atoms with Gasteiger partial charge < -0.3 is 0 Å². The molecule has 2 atom stereocenters. The maximum absolute atomic E-state index is 11.9. The Balaban J connectivity index is 2.17. The molecule has 1 heteroatoms. The van der Waals surface area contributed by atoms with Gasteiger partial charge in [0.25, 0.3) is 0 Å². The molecule has 1 nitrogen and oxygen atoms in total. The van der Waals surface area contributed by atoms with E-state index in [1.54, 1.807) is 0 Å². The summed E-state index contributed by atoms with van der Waals surface area (Å²) in [6.07, 6.45) is 10.6. The summed E-state index contributed by atoms with van der Waals surface area (Å²) in [6.45, 7) is 6.78. The van der Waals surface area contributed by atoms with Gasteiger partial charge in [-0.2, -0.15) is 0 Å². The normalized spacial score (nSPS) is 33.4. The quantitative estimate of drug-likeness (QED) is 0.686. The van der Waals surface area contributed by atoms with Gasteiger partial charge in [0.15, 0.2) is 5.78 Å². The van der Waals surface area contributed by atoms with Gasteiger partial charge in [0.2, 0.25) is 0 Å². The molecule has 0 radical (unpaired) electrons. The van der Waals surface area contributed by atoms with E-state index in [1.165, 1.54) is 37.7 Å². The summed E-state index contributed by atoms with van der Waals surface area (Å²) in [7, 11) is 0. The van der Waals surface area contributed by atoms with Crippen molar-refractivity contribution in [3.05, 3.63) is 11.6 Å². The molecule has 0 bridgehead atoms. The van der Waals surface area contributed by atoms with Gasteiger partial charge in [-0.25, -0.2) is 0 Å². The second-order valence-corrected chi connectivity index (χ2v) is 6.76. The van der Waals surface area contributed by atoms with Crippen molar-refractivity contribution in [2.45, 2.75) is 65.7 Å². The van der Waals surface area contributed by atoms with Gasteiger partial charge in [0, 0.05) is 6.42 Å². The lowest BCUT2D eigenvalue weighted by Crippen LogP contribution is -2.29. The molecule has 0 heterocycles. The number of hydrogen-bond acceptors (Lipinski definition) is 1. The minimum Gasteiger partial charge on any atom is -0.295 e. The molecule has 0 N–H and O–H groups in total. The molecule has 1 saturated carbocycles. The molecule has 2 rings (SSSR count). The average Bonchev–Trinajstić information content (AvgIpc) is 2.26. The van der Waals surface area contributed by atoms with E-state index in [9.17, 15) is 4.79 Å². The van der Waals surface area contributed by atoms with Crippen LogP contribution in [0.15, 0.2) is 11.6 Å². The van der Waals surface area contributed by atoms with Crippen molar-refractivity contribution < 1.29 is 4.79 Å². The van der Waals surface area contributed by atoms with Crippen LogP contribution in [0.4, 0.5) is 0 Å². The molecular formula is C16H26O. The maximum Gasteiger partial charge on any atom is 0.156 e. The highest BCUT2D eigenvalue weighted by atomic mass is 16.1. The molecule has 2 unspecified atom stereocenters. The first-order valence-corrected chi connectivity index (χ1v) is 7.25. The third-order valence-electron chi connectivity index (χ3n) is 4.59. The topological polar surface area (TPSA) is 17.1 Å². The van der Waals surface area contributed by atoms with E-state index in [2.05, 4.69) is 20.8 Å². The first kappa shape index (κ1) is 12.9. The highest BCUT2D eigenvalue weighted by Gasteiger charge is 2.34. The second kappa shape index (κ2) is 4.96. The fourth-order valence-electron chi connectivity index (χ4n) is 3.82. The van der Waals surface area contributed by atoms with E-state index in [0.717, 1.165) is 18.8 Å².